The van der Waals surface area contributed by atoms with E-state index in [1.807, 2.05) is 13.0 Å². The zero-order chi connectivity index (χ0) is 15.4. The zero-order valence-corrected chi connectivity index (χ0v) is 11.6. The van der Waals surface area contributed by atoms with E-state index in [0.717, 1.165) is 12.2 Å². The average Bonchev–Trinajstić information content (AvgIpc) is 2.98. The Labute approximate surface area is 122 Å². The minimum Gasteiger partial charge on any atom is -0.467 e. The fourth-order valence-electron chi connectivity index (χ4n) is 2.06. The standard InChI is InChI=1S/C15H17N3O3/c1-2-12(13-4-3-5-21-13)18-11-7-9(14(16)19)6-10(8-11)15(17)20/h3-8,12,18H,2H2,1H3,(H2,16,19)(H2,17,20). The van der Waals surface area contributed by atoms with Crippen molar-refractivity contribution in [2.45, 2.75) is 19.4 Å². The number of nitrogens with one attached hydrogen (secondary N) is 1. The lowest BCUT2D eigenvalue weighted by atomic mass is 10.1. The maximum Gasteiger partial charge on any atom is 0.248 e. The molecule has 1 heterocycles. The first-order chi connectivity index (χ1) is 10.0. The predicted octanol–water partition coefficient (Wildman–Crippen LogP) is 2.04. The predicted molar refractivity (Wildman–Crippen MR) is 78.8 cm³/mol. The van der Waals surface area contributed by atoms with Gasteiger partial charge in [-0.15, -0.1) is 0 Å². The van der Waals surface area contributed by atoms with Gasteiger partial charge in [0.05, 0.1) is 12.3 Å². The summed E-state index contributed by atoms with van der Waals surface area (Å²) in [5.41, 5.74) is 11.6. The molecular formula is C15H17N3O3. The largest absolute Gasteiger partial charge is 0.467 e. The van der Waals surface area contributed by atoms with Crippen molar-refractivity contribution >= 4 is 17.5 Å². The fourth-order valence-corrected chi connectivity index (χ4v) is 2.06. The molecule has 6 nitrogen and oxygen atoms in total. The second-order valence-corrected chi connectivity index (χ2v) is 4.65. The second kappa shape index (κ2) is 6.13. The molecule has 2 amide bonds. The van der Waals surface area contributed by atoms with Crippen molar-refractivity contribution in [2.75, 3.05) is 5.32 Å². The maximum atomic E-state index is 11.3. The molecule has 2 aromatic rings. The summed E-state index contributed by atoms with van der Waals surface area (Å²) in [4.78, 5) is 22.7. The highest BCUT2D eigenvalue weighted by Gasteiger charge is 2.14. The molecular weight excluding hydrogens is 270 g/mol. The first kappa shape index (κ1) is 14.6. The number of amides is 2. The molecule has 0 bridgehead atoms. The molecule has 0 aliphatic carbocycles. The minimum atomic E-state index is -0.618. The number of rotatable bonds is 6. The van der Waals surface area contributed by atoms with Gasteiger partial charge >= 0.3 is 0 Å². The molecule has 2 rings (SSSR count). The molecule has 21 heavy (non-hydrogen) atoms. The van der Waals surface area contributed by atoms with Crippen LogP contribution < -0.4 is 16.8 Å². The van der Waals surface area contributed by atoms with Crippen LogP contribution in [0.1, 0.15) is 45.9 Å². The number of hydrogen-bond donors (Lipinski definition) is 3. The smallest absolute Gasteiger partial charge is 0.248 e. The van der Waals surface area contributed by atoms with Crippen LogP contribution in [0, 0.1) is 0 Å². The molecule has 110 valence electrons. The van der Waals surface area contributed by atoms with E-state index in [1.165, 1.54) is 6.07 Å². The van der Waals surface area contributed by atoms with Crippen LogP contribution in [0.4, 0.5) is 5.69 Å². The van der Waals surface area contributed by atoms with E-state index < -0.39 is 11.8 Å². The van der Waals surface area contributed by atoms with Gasteiger partial charge in [0.1, 0.15) is 5.76 Å². The normalized spacial score (nSPS) is 11.9. The topological polar surface area (TPSA) is 111 Å². The summed E-state index contributed by atoms with van der Waals surface area (Å²) in [6.45, 7) is 1.99. The van der Waals surface area contributed by atoms with Crippen LogP contribution in [0.2, 0.25) is 0 Å². The molecule has 0 saturated carbocycles. The molecule has 6 heteroatoms. The Hall–Kier alpha value is -2.76. The fraction of sp³-hybridized carbons (Fsp3) is 0.200. The van der Waals surface area contributed by atoms with Crippen molar-refractivity contribution in [2.24, 2.45) is 11.5 Å². The summed E-state index contributed by atoms with van der Waals surface area (Å²) in [5, 5.41) is 3.21. The van der Waals surface area contributed by atoms with Crippen LogP contribution in [0.15, 0.2) is 41.0 Å². The van der Waals surface area contributed by atoms with Gasteiger partial charge in [-0.25, -0.2) is 0 Å². The van der Waals surface area contributed by atoms with Crippen LogP contribution in [0.3, 0.4) is 0 Å². The SMILES string of the molecule is CCC(Nc1cc(C(N)=O)cc(C(N)=O)c1)c1ccco1. The van der Waals surface area contributed by atoms with E-state index in [9.17, 15) is 9.59 Å². The molecule has 1 atom stereocenters. The van der Waals surface area contributed by atoms with Gasteiger partial charge in [0.15, 0.2) is 0 Å². The third-order valence-corrected chi connectivity index (χ3v) is 3.14. The number of carbonyl (C=O) groups excluding carboxylic acids is 2. The van der Waals surface area contributed by atoms with E-state index in [4.69, 9.17) is 15.9 Å². The highest BCUT2D eigenvalue weighted by molar-refractivity contribution is 5.99. The van der Waals surface area contributed by atoms with Crippen LogP contribution in [0.25, 0.3) is 0 Å². The van der Waals surface area contributed by atoms with E-state index in [0.29, 0.717) is 5.69 Å². The Kier molecular flexibility index (Phi) is 4.27. The van der Waals surface area contributed by atoms with Crippen LogP contribution in [-0.2, 0) is 0 Å². The minimum absolute atomic E-state index is 0.0798. The lowest BCUT2D eigenvalue weighted by molar-refractivity contribution is 0.0999. The molecule has 1 aromatic carbocycles. The summed E-state index contributed by atoms with van der Waals surface area (Å²) in [5.74, 6) is -0.470. The Morgan fingerprint density at radius 3 is 2.24 bits per heavy atom. The van der Waals surface area contributed by atoms with Crippen LogP contribution >= 0.6 is 0 Å². The summed E-state index contributed by atoms with van der Waals surface area (Å²) < 4.78 is 5.37. The van der Waals surface area contributed by atoms with Crippen LogP contribution in [-0.4, -0.2) is 11.8 Å². The van der Waals surface area contributed by atoms with E-state index in [-0.39, 0.29) is 17.2 Å². The summed E-state index contributed by atoms with van der Waals surface area (Å²) in [6.07, 6.45) is 2.36. The maximum absolute atomic E-state index is 11.3. The molecule has 0 aliphatic heterocycles. The second-order valence-electron chi connectivity index (χ2n) is 4.65. The van der Waals surface area contributed by atoms with Gasteiger partial charge in [-0.1, -0.05) is 6.92 Å². The molecule has 0 spiro atoms. The molecule has 0 radical (unpaired) electrons. The molecule has 5 N–H and O–H groups in total. The summed E-state index contributed by atoms with van der Waals surface area (Å²) >= 11 is 0. The van der Waals surface area contributed by atoms with Gasteiger partial charge in [-0.3, -0.25) is 9.59 Å². The molecule has 0 fully saturated rings. The highest BCUT2D eigenvalue weighted by Crippen LogP contribution is 2.24. The number of furan rings is 1. The highest BCUT2D eigenvalue weighted by atomic mass is 16.3. The molecule has 1 aromatic heterocycles. The molecule has 0 aliphatic rings. The van der Waals surface area contributed by atoms with Crippen molar-refractivity contribution < 1.29 is 14.0 Å². The van der Waals surface area contributed by atoms with Crippen molar-refractivity contribution in [1.29, 1.82) is 0 Å². The van der Waals surface area contributed by atoms with E-state index in [1.54, 1.807) is 24.5 Å². The number of carbonyl (C=O) groups is 2. The lowest BCUT2D eigenvalue weighted by Crippen LogP contribution is -2.17. The first-order valence-corrected chi connectivity index (χ1v) is 6.56. The van der Waals surface area contributed by atoms with E-state index in [2.05, 4.69) is 5.32 Å². The summed E-state index contributed by atoms with van der Waals surface area (Å²) in [7, 11) is 0. The quantitative estimate of drug-likeness (QED) is 0.754. The van der Waals surface area contributed by atoms with Gasteiger partial charge in [-0.2, -0.15) is 0 Å². The van der Waals surface area contributed by atoms with Gasteiger partial charge in [-0.05, 0) is 36.8 Å². The zero-order valence-electron chi connectivity index (χ0n) is 11.6. The molecule has 1 unspecified atom stereocenters. The Morgan fingerprint density at radius 2 is 1.81 bits per heavy atom. The van der Waals surface area contributed by atoms with Gasteiger partial charge < -0.3 is 21.2 Å². The van der Waals surface area contributed by atoms with Crippen molar-refractivity contribution in [3.63, 3.8) is 0 Å². The number of primary amides is 2. The monoisotopic (exact) mass is 287 g/mol. The third-order valence-electron chi connectivity index (χ3n) is 3.14. The van der Waals surface area contributed by atoms with Crippen molar-refractivity contribution in [3.05, 3.63) is 53.5 Å². The number of hydrogen-bond acceptors (Lipinski definition) is 4. The summed E-state index contributed by atoms with van der Waals surface area (Å²) in [6, 6.07) is 8.12. The Morgan fingerprint density at radius 1 is 1.19 bits per heavy atom. The Balaban J connectivity index is 2.34. The number of anilines is 1. The molecule has 0 saturated heterocycles. The number of nitrogens with two attached hydrogens (primary N) is 2. The first-order valence-electron chi connectivity index (χ1n) is 6.56. The third kappa shape index (κ3) is 3.42. The van der Waals surface area contributed by atoms with Gasteiger partial charge in [0.2, 0.25) is 11.8 Å². The van der Waals surface area contributed by atoms with Crippen LogP contribution in [0.5, 0.6) is 0 Å². The number of benzene rings is 1. The van der Waals surface area contributed by atoms with Gasteiger partial charge in [0.25, 0.3) is 0 Å². The van der Waals surface area contributed by atoms with Gasteiger partial charge in [0, 0.05) is 16.8 Å². The van der Waals surface area contributed by atoms with Crippen molar-refractivity contribution in [1.82, 2.24) is 0 Å². The van der Waals surface area contributed by atoms with E-state index >= 15 is 0 Å². The van der Waals surface area contributed by atoms with Crippen molar-refractivity contribution in [3.8, 4) is 0 Å². The lowest BCUT2D eigenvalue weighted by Gasteiger charge is -2.17. The average molecular weight is 287 g/mol. The Bertz CT molecular complexity index is 618.